The standard InChI is InChI=1S/C12H23NO3/c1-9(2)10(11(14)16-4)12(15)6-5-7-13(3)8-12/h9-10,15H,5-8H2,1-4H3. The first-order valence-electron chi connectivity index (χ1n) is 5.89. The molecule has 1 rings (SSSR count). The lowest BCUT2D eigenvalue weighted by Crippen LogP contribution is -2.55. The summed E-state index contributed by atoms with van der Waals surface area (Å²) in [4.78, 5) is 13.8. The highest BCUT2D eigenvalue weighted by atomic mass is 16.5. The van der Waals surface area contributed by atoms with Crippen LogP contribution in [0.25, 0.3) is 0 Å². The van der Waals surface area contributed by atoms with E-state index in [9.17, 15) is 9.90 Å². The quantitative estimate of drug-likeness (QED) is 0.730. The van der Waals surface area contributed by atoms with Gasteiger partial charge in [0.1, 0.15) is 0 Å². The molecule has 0 spiro atoms. The van der Waals surface area contributed by atoms with Crippen LogP contribution in [0.5, 0.6) is 0 Å². The Labute approximate surface area is 97.6 Å². The molecular formula is C12H23NO3. The lowest BCUT2D eigenvalue weighted by molar-refractivity contribution is -0.164. The maximum atomic E-state index is 11.8. The summed E-state index contributed by atoms with van der Waals surface area (Å²) in [5.74, 6) is -0.642. The summed E-state index contributed by atoms with van der Waals surface area (Å²) >= 11 is 0. The highest BCUT2D eigenvalue weighted by Gasteiger charge is 2.45. The maximum Gasteiger partial charge on any atom is 0.311 e. The number of ether oxygens (including phenoxy) is 1. The minimum Gasteiger partial charge on any atom is -0.469 e. The van der Waals surface area contributed by atoms with Gasteiger partial charge in [-0.25, -0.2) is 0 Å². The van der Waals surface area contributed by atoms with Crippen molar-refractivity contribution in [3.8, 4) is 0 Å². The Bertz CT molecular complexity index is 255. The van der Waals surface area contributed by atoms with E-state index in [2.05, 4.69) is 4.90 Å². The number of aliphatic hydroxyl groups is 1. The van der Waals surface area contributed by atoms with Gasteiger partial charge in [0.2, 0.25) is 0 Å². The number of hydrogen-bond acceptors (Lipinski definition) is 4. The summed E-state index contributed by atoms with van der Waals surface area (Å²) in [6.07, 6.45) is 1.60. The van der Waals surface area contributed by atoms with Gasteiger partial charge >= 0.3 is 5.97 Å². The van der Waals surface area contributed by atoms with Crippen LogP contribution < -0.4 is 0 Å². The second-order valence-electron chi connectivity index (χ2n) is 5.19. The molecule has 1 aliphatic heterocycles. The van der Waals surface area contributed by atoms with E-state index in [4.69, 9.17) is 4.74 Å². The molecule has 0 aromatic carbocycles. The van der Waals surface area contributed by atoms with Crippen molar-refractivity contribution in [2.75, 3.05) is 27.2 Å². The minimum atomic E-state index is -0.936. The van der Waals surface area contributed by atoms with E-state index in [1.165, 1.54) is 7.11 Å². The number of hydrogen-bond donors (Lipinski definition) is 1. The van der Waals surface area contributed by atoms with Crippen molar-refractivity contribution in [1.29, 1.82) is 0 Å². The second kappa shape index (κ2) is 5.15. The van der Waals surface area contributed by atoms with E-state index >= 15 is 0 Å². The van der Waals surface area contributed by atoms with Crippen molar-refractivity contribution < 1.29 is 14.6 Å². The smallest absolute Gasteiger partial charge is 0.311 e. The first-order chi connectivity index (χ1) is 7.40. The van der Waals surface area contributed by atoms with Crippen LogP contribution in [-0.2, 0) is 9.53 Å². The van der Waals surface area contributed by atoms with Crippen molar-refractivity contribution in [2.45, 2.75) is 32.3 Å². The number of nitrogens with zero attached hydrogens (tertiary/aromatic N) is 1. The van der Waals surface area contributed by atoms with Crippen LogP contribution in [0.3, 0.4) is 0 Å². The molecule has 2 unspecified atom stereocenters. The van der Waals surface area contributed by atoms with Gasteiger partial charge in [0, 0.05) is 6.54 Å². The molecule has 0 saturated carbocycles. The number of methoxy groups -OCH3 is 1. The zero-order valence-corrected chi connectivity index (χ0v) is 10.7. The molecule has 0 bridgehead atoms. The van der Waals surface area contributed by atoms with Crippen LogP contribution in [0.1, 0.15) is 26.7 Å². The molecule has 1 saturated heterocycles. The lowest BCUT2D eigenvalue weighted by atomic mass is 9.75. The maximum absolute atomic E-state index is 11.8. The Morgan fingerprint density at radius 3 is 2.56 bits per heavy atom. The molecule has 1 fully saturated rings. The van der Waals surface area contributed by atoms with E-state index in [0.717, 1.165) is 13.0 Å². The van der Waals surface area contributed by atoms with Gasteiger partial charge in [0.15, 0.2) is 0 Å². The van der Waals surface area contributed by atoms with Gasteiger partial charge in [-0.15, -0.1) is 0 Å². The second-order valence-corrected chi connectivity index (χ2v) is 5.19. The van der Waals surface area contributed by atoms with Crippen molar-refractivity contribution >= 4 is 5.97 Å². The number of likely N-dealkylation sites (N-methyl/N-ethyl adjacent to an activating group) is 1. The molecule has 4 heteroatoms. The number of likely N-dealkylation sites (tertiary alicyclic amines) is 1. The van der Waals surface area contributed by atoms with Gasteiger partial charge in [0.05, 0.1) is 18.6 Å². The van der Waals surface area contributed by atoms with E-state index in [1.54, 1.807) is 0 Å². The fourth-order valence-corrected chi connectivity index (χ4v) is 2.77. The summed E-state index contributed by atoms with van der Waals surface area (Å²) < 4.78 is 4.81. The molecule has 0 aliphatic carbocycles. The fraction of sp³-hybridized carbons (Fsp3) is 0.917. The summed E-state index contributed by atoms with van der Waals surface area (Å²) in [5.41, 5.74) is -0.936. The molecule has 1 heterocycles. The van der Waals surface area contributed by atoms with Crippen molar-refractivity contribution in [3.05, 3.63) is 0 Å². The molecule has 1 aliphatic rings. The molecule has 2 atom stereocenters. The Hall–Kier alpha value is -0.610. The molecule has 0 aromatic rings. The first kappa shape index (κ1) is 13.5. The number of piperidine rings is 1. The van der Waals surface area contributed by atoms with Crippen molar-refractivity contribution in [1.82, 2.24) is 4.90 Å². The fourth-order valence-electron chi connectivity index (χ4n) is 2.77. The van der Waals surface area contributed by atoms with Gasteiger partial charge in [-0.05, 0) is 32.4 Å². The minimum absolute atomic E-state index is 0.0870. The van der Waals surface area contributed by atoms with E-state index < -0.39 is 11.5 Å². The molecule has 0 aromatic heterocycles. The van der Waals surface area contributed by atoms with Gasteiger partial charge in [-0.3, -0.25) is 4.79 Å². The number of esters is 1. The van der Waals surface area contributed by atoms with Gasteiger partial charge in [0.25, 0.3) is 0 Å². The van der Waals surface area contributed by atoms with Gasteiger partial charge < -0.3 is 14.7 Å². The summed E-state index contributed by atoms with van der Waals surface area (Å²) in [5, 5.41) is 10.6. The van der Waals surface area contributed by atoms with Crippen LogP contribution in [-0.4, -0.2) is 48.8 Å². The number of carbonyl (C=O) groups is 1. The zero-order chi connectivity index (χ0) is 12.3. The Morgan fingerprint density at radius 1 is 1.50 bits per heavy atom. The normalized spacial score (nSPS) is 29.1. The molecule has 0 amide bonds. The largest absolute Gasteiger partial charge is 0.469 e. The van der Waals surface area contributed by atoms with Crippen molar-refractivity contribution in [3.63, 3.8) is 0 Å². The molecule has 94 valence electrons. The van der Waals surface area contributed by atoms with E-state index in [-0.39, 0.29) is 11.9 Å². The third-order valence-corrected chi connectivity index (χ3v) is 3.39. The molecule has 1 N–H and O–H groups in total. The predicted molar refractivity (Wildman–Crippen MR) is 62.0 cm³/mol. The van der Waals surface area contributed by atoms with Gasteiger partial charge in [-0.1, -0.05) is 13.8 Å². The zero-order valence-electron chi connectivity index (χ0n) is 10.7. The summed E-state index contributed by atoms with van der Waals surface area (Å²) in [6.45, 7) is 5.43. The van der Waals surface area contributed by atoms with E-state index in [0.29, 0.717) is 13.0 Å². The molecule has 16 heavy (non-hydrogen) atoms. The van der Waals surface area contributed by atoms with Crippen LogP contribution in [0, 0.1) is 11.8 Å². The van der Waals surface area contributed by atoms with Gasteiger partial charge in [-0.2, -0.15) is 0 Å². The Morgan fingerprint density at radius 2 is 2.12 bits per heavy atom. The van der Waals surface area contributed by atoms with Crippen LogP contribution in [0.2, 0.25) is 0 Å². The molecule has 4 nitrogen and oxygen atoms in total. The van der Waals surface area contributed by atoms with Crippen LogP contribution in [0.15, 0.2) is 0 Å². The van der Waals surface area contributed by atoms with E-state index in [1.807, 2.05) is 20.9 Å². The Kier molecular flexibility index (Phi) is 4.33. The lowest BCUT2D eigenvalue weighted by Gasteiger charge is -2.42. The van der Waals surface area contributed by atoms with Crippen molar-refractivity contribution in [2.24, 2.45) is 11.8 Å². The molecule has 0 radical (unpaired) electrons. The average Bonchev–Trinajstić information content (AvgIpc) is 2.15. The number of carbonyl (C=O) groups excluding carboxylic acids is 1. The molecular weight excluding hydrogens is 206 g/mol. The average molecular weight is 229 g/mol. The summed E-state index contributed by atoms with van der Waals surface area (Å²) in [6, 6.07) is 0. The highest BCUT2D eigenvalue weighted by molar-refractivity contribution is 5.74. The topological polar surface area (TPSA) is 49.8 Å². The SMILES string of the molecule is COC(=O)C(C(C)C)C1(O)CCCN(C)C1. The monoisotopic (exact) mass is 229 g/mol. The van der Waals surface area contributed by atoms with Crippen LogP contribution in [0.4, 0.5) is 0 Å². The third kappa shape index (κ3) is 2.74. The third-order valence-electron chi connectivity index (χ3n) is 3.39. The summed E-state index contributed by atoms with van der Waals surface area (Å²) in [7, 11) is 3.35. The Balaban J connectivity index is 2.87. The first-order valence-corrected chi connectivity index (χ1v) is 5.89. The number of rotatable bonds is 3. The highest BCUT2D eigenvalue weighted by Crippen LogP contribution is 2.33. The number of β-amino-alcohol motifs (C(OH)–C–C–N with tert-alkyl or cyclic N) is 1. The van der Waals surface area contributed by atoms with Crippen LogP contribution >= 0.6 is 0 Å². The predicted octanol–water partition coefficient (Wildman–Crippen LogP) is 0.888.